The molecule has 0 aliphatic rings. The lowest BCUT2D eigenvalue weighted by Crippen LogP contribution is -2.45. The third-order valence-electron chi connectivity index (χ3n) is 5.17. The van der Waals surface area contributed by atoms with Crippen molar-refractivity contribution >= 4 is 6.16 Å². The van der Waals surface area contributed by atoms with Crippen LogP contribution in [-0.2, 0) is 29.0 Å². The fourth-order valence-corrected chi connectivity index (χ4v) is 1.12. The monoisotopic (exact) mass is 406 g/mol. The van der Waals surface area contributed by atoms with E-state index in [-0.39, 0.29) is 10.8 Å². The first-order valence-electron chi connectivity index (χ1n) is 9.67. The van der Waals surface area contributed by atoms with Gasteiger partial charge >= 0.3 is 6.16 Å². The summed E-state index contributed by atoms with van der Waals surface area (Å²) in [7, 11) is 0. The van der Waals surface area contributed by atoms with Crippen LogP contribution in [-0.4, -0.2) is 28.9 Å². The van der Waals surface area contributed by atoms with Crippen molar-refractivity contribution in [3.05, 3.63) is 0 Å². The number of rotatable bonds is 8. The van der Waals surface area contributed by atoms with Crippen LogP contribution in [0.3, 0.4) is 0 Å². The van der Waals surface area contributed by atoms with Crippen molar-refractivity contribution in [3.63, 3.8) is 0 Å². The van der Waals surface area contributed by atoms with E-state index in [1.807, 2.05) is 69.2 Å². The van der Waals surface area contributed by atoms with Gasteiger partial charge in [0.2, 0.25) is 11.6 Å². The highest BCUT2D eigenvalue weighted by molar-refractivity contribution is 5.60. The molecule has 0 rings (SSSR count). The fourth-order valence-electron chi connectivity index (χ4n) is 1.12. The van der Waals surface area contributed by atoms with E-state index >= 15 is 0 Å². The highest BCUT2D eigenvalue weighted by Gasteiger charge is 2.40. The Labute approximate surface area is 171 Å². The molecule has 7 nitrogen and oxygen atoms in total. The largest absolute Gasteiger partial charge is 0.513 e. The molecule has 28 heavy (non-hydrogen) atoms. The standard InChI is InChI=1S/C21H42O7/c1-16(2,3)18(7,8)25-27-20(11,12)23-15(22)24-21(13,14)28-26-19(9,10)17(4,5)6/h1-14H3. The Morgan fingerprint density at radius 3 is 0.929 bits per heavy atom. The minimum atomic E-state index is -1.36. The van der Waals surface area contributed by atoms with E-state index in [2.05, 4.69) is 0 Å². The van der Waals surface area contributed by atoms with Gasteiger partial charge in [0, 0.05) is 27.7 Å². The Hall–Kier alpha value is -0.890. The van der Waals surface area contributed by atoms with Gasteiger partial charge in [0.05, 0.1) is 0 Å². The Bertz CT molecular complexity index is 474. The van der Waals surface area contributed by atoms with Crippen LogP contribution in [0.4, 0.5) is 4.79 Å². The van der Waals surface area contributed by atoms with Gasteiger partial charge in [0.1, 0.15) is 11.2 Å². The van der Waals surface area contributed by atoms with E-state index < -0.39 is 28.9 Å². The van der Waals surface area contributed by atoms with Crippen LogP contribution >= 0.6 is 0 Å². The molecule has 0 unspecified atom stereocenters. The maximum Gasteiger partial charge on any atom is 0.513 e. The molecule has 0 radical (unpaired) electrons. The van der Waals surface area contributed by atoms with Gasteiger partial charge in [0.15, 0.2) is 0 Å². The van der Waals surface area contributed by atoms with Gasteiger partial charge in [-0.2, -0.15) is 9.78 Å². The maximum atomic E-state index is 12.2. The lowest BCUT2D eigenvalue weighted by atomic mass is 9.79. The molecule has 0 saturated carbocycles. The van der Waals surface area contributed by atoms with Crippen LogP contribution in [0.25, 0.3) is 0 Å². The highest BCUT2D eigenvalue weighted by Crippen LogP contribution is 2.35. The maximum absolute atomic E-state index is 12.2. The first-order valence-corrected chi connectivity index (χ1v) is 9.67. The molecule has 0 amide bonds. The number of hydrogen-bond acceptors (Lipinski definition) is 7. The van der Waals surface area contributed by atoms with Crippen LogP contribution in [0.5, 0.6) is 0 Å². The Morgan fingerprint density at radius 1 is 0.464 bits per heavy atom. The van der Waals surface area contributed by atoms with Crippen molar-refractivity contribution in [1.82, 2.24) is 0 Å². The molecule has 0 bridgehead atoms. The Morgan fingerprint density at radius 2 is 0.714 bits per heavy atom. The molecule has 0 aromatic heterocycles. The highest BCUT2D eigenvalue weighted by atomic mass is 17.3. The molecule has 0 N–H and O–H groups in total. The van der Waals surface area contributed by atoms with Crippen LogP contribution in [0, 0.1) is 10.8 Å². The zero-order chi connectivity index (χ0) is 22.8. The van der Waals surface area contributed by atoms with E-state index in [1.54, 1.807) is 27.7 Å². The van der Waals surface area contributed by atoms with E-state index in [1.165, 1.54) is 0 Å². The van der Waals surface area contributed by atoms with Gasteiger partial charge in [-0.3, -0.25) is 0 Å². The Balaban J connectivity index is 4.77. The first kappa shape index (κ1) is 27.1. The molecular formula is C21H42O7. The van der Waals surface area contributed by atoms with Crippen molar-refractivity contribution in [3.8, 4) is 0 Å². The third kappa shape index (κ3) is 8.64. The molecule has 0 aliphatic carbocycles. The number of carbonyl (C=O) groups is 1. The van der Waals surface area contributed by atoms with Crippen molar-refractivity contribution in [2.45, 2.75) is 120 Å². The molecule has 0 atom stereocenters. The van der Waals surface area contributed by atoms with E-state index in [4.69, 9.17) is 29.0 Å². The summed E-state index contributed by atoms with van der Waals surface area (Å²) in [6, 6.07) is 0. The molecule has 0 saturated heterocycles. The van der Waals surface area contributed by atoms with E-state index in [0.29, 0.717) is 0 Å². The first-order chi connectivity index (χ1) is 12.0. The summed E-state index contributed by atoms with van der Waals surface area (Å²) in [6.45, 7) is 26.0. The lowest BCUT2D eigenvalue weighted by molar-refractivity contribution is -0.468. The smallest absolute Gasteiger partial charge is 0.399 e. The van der Waals surface area contributed by atoms with Crippen molar-refractivity contribution in [2.75, 3.05) is 0 Å². The quantitative estimate of drug-likeness (QED) is 0.207. The second-order valence-electron chi connectivity index (χ2n) is 11.1. The van der Waals surface area contributed by atoms with Gasteiger partial charge in [-0.1, -0.05) is 41.5 Å². The van der Waals surface area contributed by atoms with E-state index in [9.17, 15) is 4.79 Å². The zero-order valence-electron chi connectivity index (χ0n) is 20.4. The SMILES string of the molecule is CC(C)(OOC(C)(C)C(C)(C)C)OC(=O)OC(C)(C)OOC(C)(C)C(C)(C)C. The molecule has 0 spiro atoms. The van der Waals surface area contributed by atoms with Gasteiger partial charge in [0.25, 0.3) is 0 Å². The van der Waals surface area contributed by atoms with Crippen molar-refractivity contribution in [2.24, 2.45) is 10.8 Å². The minimum Gasteiger partial charge on any atom is -0.399 e. The number of ether oxygens (including phenoxy) is 2. The third-order valence-corrected chi connectivity index (χ3v) is 5.17. The van der Waals surface area contributed by atoms with Crippen LogP contribution in [0.2, 0.25) is 0 Å². The molecule has 168 valence electrons. The summed E-state index contributed by atoms with van der Waals surface area (Å²) in [6.07, 6.45) is -0.968. The van der Waals surface area contributed by atoms with Crippen molar-refractivity contribution < 1.29 is 33.8 Å². The van der Waals surface area contributed by atoms with Gasteiger partial charge < -0.3 is 9.47 Å². The van der Waals surface area contributed by atoms with Crippen LogP contribution in [0.1, 0.15) is 96.9 Å². The molecule has 0 aliphatic heterocycles. The second-order valence-corrected chi connectivity index (χ2v) is 11.1. The van der Waals surface area contributed by atoms with Crippen molar-refractivity contribution in [1.29, 1.82) is 0 Å². The fraction of sp³-hybridized carbons (Fsp3) is 0.952. The molecular weight excluding hydrogens is 364 g/mol. The van der Waals surface area contributed by atoms with Gasteiger partial charge in [-0.25, -0.2) is 14.6 Å². The average molecular weight is 407 g/mol. The summed E-state index contributed by atoms with van der Waals surface area (Å²) in [5.41, 5.74) is -1.58. The topological polar surface area (TPSA) is 72.5 Å². The molecule has 0 aromatic carbocycles. The molecule has 0 heterocycles. The van der Waals surface area contributed by atoms with Gasteiger partial charge in [-0.05, 0) is 38.5 Å². The summed E-state index contributed by atoms with van der Waals surface area (Å²) in [4.78, 5) is 34.0. The molecule has 0 fully saturated rings. The van der Waals surface area contributed by atoms with Crippen LogP contribution in [0.15, 0.2) is 0 Å². The number of carbonyl (C=O) groups excluding carboxylic acids is 1. The summed E-state index contributed by atoms with van der Waals surface area (Å²) >= 11 is 0. The average Bonchev–Trinajstić information content (AvgIpc) is 2.40. The zero-order valence-corrected chi connectivity index (χ0v) is 20.4. The Kier molecular flexibility index (Phi) is 8.19. The minimum absolute atomic E-state index is 0.184. The van der Waals surface area contributed by atoms with E-state index in [0.717, 1.165) is 0 Å². The second kappa shape index (κ2) is 8.46. The number of hydrogen-bond donors (Lipinski definition) is 0. The van der Waals surface area contributed by atoms with Crippen LogP contribution < -0.4 is 0 Å². The summed E-state index contributed by atoms with van der Waals surface area (Å²) in [5, 5.41) is 0. The predicted molar refractivity (Wildman–Crippen MR) is 107 cm³/mol. The molecule has 0 aromatic rings. The summed E-state index contributed by atoms with van der Waals surface area (Å²) < 4.78 is 10.5. The lowest BCUT2D eigenvalue weighted by Gasteiger charge is -2.39. The predicted octanol–water partition coefficient (Wildman–Crippen LogP) is 6.16. The molecule has 7 heteroatoms. The summed E-state index contributed by atoms with van der Waals surface area (Å²) in [5.74, 6) is -2.72. The normalized spacial score (nSPS) is 14.8. The van der Waals surface area contributed by atoms with Gasteiger partial charge in [-0.15, -0.1) is 0 Å².